The van der Waals surface area contributed by atoms with Gasteiger partial charge in [0.25, 0.3) is 0 Å². The Morgan fingerprint density at radius 3 is 0.746 bits per heavy atom. The molecule has 0 saturated heterocycles. The summed E-state index contributed by atoms with van der Waals surface area (Å²) in [4.78, 5) is 127. The lowest BCUT2D eigenvalue weighted by Gasteiger charge is -2.21. The number of unbranched alkanes of at least 4 members (excludes halogenated alkanes) is 6. The van der Waals surface area contributed by atoms with Crippen LogP contribution < -0.4 is 47.5 Å². The molecule has 0 spiro atoms. The van der Waals surface area contributed by atoms with E-state index in [1.807, 2.05) is 13.8 Å². The third kappa shape index (κ3) is 33.3. The standard InChI is InChI=1S/C37H72B4N12O10/c1-27(2)28(54)12-6-3-7-13-42-29(55)18-51(19-30(56)43-14-8-4-10-16-45-32(58)21-52(23-34(60)47-38)24-35(61)48-39)20-31(57)44-15-9-5-11-17-46-33(59)22-53(25-36(62)49-40)26-37(63)50-41/h27H,3-26,38-41H2,1-2H3,(H,42,55)(H,43,56)(H,44,57)(H,45,58)(H,46,59)(H,47,60)(H,48,61)(H,49,62)(H,50,63). The number of amides is 9. The van der Waals surface area contributed by atoms with Gasteiger partial charge in [-0.1, -0.05) is 20.3 Å². The van der Waals surface area contributed by atoms with Gasteiger partial charge < -0.3 is 47.5 Å². The Morgan fingerprint density at radius 2 is 0.540 bits per heavy atom. The highest BCUT2D eigenvalue weighted by Crippen LogP contribution is 2.06. The van der Waals surface area contributed by atoms with Crippen LogP contribution in [0.5, 0.6) is 0 Å². The first-order valence-corrected chi connectivity index (χ1v) is 21.9. The van der Waals surface area contributed by atoms with Crippen molar-refractivity contribution in [2.24, 2.45) is 5.92 Å². The van der Waals surface area contributed by atoms with Crippen molar-refractivity contribution >= 4 is 90.9 Å². The molecule has 0 aliphatic rings. The molecule has 0 aromatic carbocycles. The Hall–Kier alpha value is -4.96. The van der Waals surface area contributed by atoms with Crippen LogP contribution in [0, 0.1) is 5.92 Å². The summed E-state index contributed by atoms with van der Waals surface area (Å²) in [6.07, 6.45) is 6.55. The van der Waals surface area contributed by atoms with Crippen LogP contribution in [0.25, 0.3) is 0 Å². The Labute approximate surface area is 375 Å². The third-order valence-electron chi connectivity index (χ3n) is 9.48. The van der Waals surface area contributed by atoms with E-state index >= 15 is 0 Å². The second kappa shape index (κ2) is 36.5. The minimum Gasteiger partial charge on any atom is -0.405 e. The van der Waals surface area contributed by atoms with Crippen LogP contribution in [0.15, 0.2) is 0 Å². The fourth-order valence-corrected chi connectivity index (χ4v) is 5.81. The zero-order chi connectivity index (χ0) is 47.4. The molecule has 0 aromatic heterocycles. The van der Waals surface area contributed by atoms with Gasteiger partial charge in [0.2, 0.25) is 85.1 Å². The molecule has 0 heterocycles. The predicted molar refractivity (Wildman–Crippen MR) is 247 cm³/mol. The number of rotatable bonds is 37. The van der Waals surface area contributed by atoms with Crippen molar-refractivity contribution in [2.45, 2.75) is 78.1 Å². The van der Waals surface area contributed by atoms with Crippen LogP contribution in [-0.2, 0) is 47.9 Å². The number of carbonyl (C=O) groups is 10. The number of nitrogens with one attached hydrogen (secondary N) is 9. The van der Waals surface area contributed by atoms with Crippen LogP contribution in [-0.4, -0.2) is 197 Å². The average Bonchev–Trinajstić information content (AvgIpc) is 3.23. The maximum Gasteiger partial charge on any atom is 0.234 e. The molecular formula is C37H72B4N12O10. The summed E-state index contributed by atoms with van der Waals surface area (Å²) in [5.74, 6) is -2.82. The Morgan fingerprint density at radius 1 is 0.333 bits per heavy atom. The summed E-state index contributed by atoms with van der Waals surface area (Å²) in [7, 11) is 5.88. The normalized spacial score (nSPS) is 10.8. The fourth-order valence-electron chi connectivity index (χ4n) is 5.81. The van der Waals surface area contributed by atoms with E-state index < -0.39 is 0 Å². The van der Waals surface area contributed by atoms with Crippen molar-refractivity contribution in [3.8, 4) is 0 Å². The monoisotopic (exact) mass is 889 g/mol. The Bertz CT molecular complexity index is 1350. The zero-order valence-electron chi connectivity index (χ0n) is 38.5. The van der Waals surface area contributed by atoms with Crippen molar-refractivity contribution in [1.29, 1.82) is 0 Å². The van der Waals surface area contributed by atoms with E-state index in [-0.39, 0.29) is 124 Å². The lowest BCUT2D eigenvalue weighted by Crippen LogP contribution is -2.47. The van der Waals surface area contributed by atoms with Gasteiger partial charge in [0.05, 0.1) is 58.9 Å². The quantitative estimate of drug-likeness (QED) is 0.0207. The van der Waals surface area contributed by atoms with Gasteiger partial charge in [-0.15, -0.1) is 0 Å². The van der Waals surface area contributed by atoms with Gasteiger partial charge in [0.15, 0.2) is 0 Å². The third-order valence-corrected chi connectivity index (χ3v) is 9.48. The number of ketones is 1. The van der Waals surface area contributed by atoms with Crippen LogP contribution in [0.4, 0.5) is 0 Å². The van der Waals surface area contributed by atoms with Crippen molar-refractivity contribution in [1.82, 2.24) is 62.2 Å². The van der Waals surface area contributed by atoms with Gasteiger partial charge in [-0.25, -0.2) is 0 Å². The van der Waals surface area contributed by atoms with Gasteiger partial charge in [-0.2, -0.15) is 0 Å². The molecule has 352 valence electrons. The molecule has 0 atom stereocenters. The summed E-state index contributed by atoms with van der Waals surface area (Å²) < 4.78 is 0. The van der Waals surface area contributed by atoms with Crippen molar-refractivity contribution in [2.75, 3.05) is 91.6 Å². The molecule has 9 amide bonds. The molecule has 0 unspecified atom stereocenters. The van der Waals surface area contributed by atoms with Gasteiger partial charge in [-0.05, 0) is 51.4 Å². The van der Waals surface area contributed by atoms with Gasteiger partial charge >= 0.3 is 0 Å². The summed E-state index contributed by atoms with van der Waals surface area (Å²) in [6, 6.07) is 0. The largest absolute Gasteiger partial charge is 0.405 e. The van der Waals surface area contributed by atoms with E-state index in [0.717, 1.165) is 12.8 Å². The Balaban J connectivity index is 4.85. The zero-order valence-corrected chi connectivity index (χ0v) is 38.5. The summed E-state index contributed by atoms with van der Waals surface area (Å²) in [6.45, 7) is 4.31. The number of nitrogens with zero attached hydrogens (tertiary/aromatic N) is 3. The second-order valence-electron chi connectivity index (χ2n) is 15.4. The van der Waals surface area contributed by atoms with Gasteiger partial charge in [-0.3, -0.25) is 62.6 Å². The van der Waals surface area contributed by atoms with E-state index in [0.29, 0.717) is 84.1 Å². The maximum atomic E-state index is 12.9. The first kappa shape index (κ1) is 58.0. The molecule has 0 bridgehead atoms. The van der Waals surface area contributed by atoms with Crippen LogP contribution in [0.3, 0.4) is 0 Å². The molecule has 0 saturated carbocycles. The number of Topliss-reactive ketones (excluding diaryl/α,β-unsaturated/α-hetero) is 1. The average molecular weight is 888 g/mol. The minimum atomic E-state index is -0.363. The molecular weight excluding hydrogens is 816 g/mol. The van der Waals surface area contributed by atoms with E-state index in [2.05, 4.69) is 47.5 Å². The smallest absolute Gasteiger partial charge is 0.234 e. The van der Waals surface area contributed by atoms with E-state index in [4.69, 9.17) is 0 Å². The van der Waals surface area contributed by atoms with E-state index in [1.54, 1.807) is 0 Å². The molecule has 0 aliphatic carbocycles. The predicted octanol–water partition coefficient (Wildman–Crippen LogP) is -7.74. The van der Waals surface area contributed by atoms with Gasteiger partial charge in [0, 0.05) is 45.1 Å². The molecule has 63 heavy (non-hydrogen) atoms. The topological polar surface area (TPSA) is 289 Å². The second-order valence-corrected chi connectivity index (χ2v) is 15.4. The maximum absolute atomic E-state index is 12.9. The molecule has 0 rings (SSSR count). The Kier molecular flexibility index (Phi) is 33.6. The van der Waals surface area contributed by atoms with Crippen molar-refractivity contribution < 1.29 is 47.9 Å². The van der Waals surface area contributed by atoms with E-state index in [1.165, 1.54) is 46.6 Å². The number of hydrogen-bond acceptors (Lipinski definition) is 13. The molecule has 0 aromatic rings. The molecule has 0 aliphatic heterocycles. The first-order valence-electron chi connectivity index (χ1n) is 21.9. The van der Waals surface area contributed by atoms with Crippen LogP contribution in [0.1, 0.15) is 78.1 Å². The first-order chi connectivity index (χ1) is 30.0. The molecule has 9 N–H and O–H groups in total. The number of hydrogen-bond donors (Lipinski definition) is 9. The van der Waals surface area contributed by atoms with Crippen molar-refractivity contribution in [3.63, 3.8) is 0 Å². The highest BCUT2D eigenvalue weighted by molar-refractivity contribution is 6.16. The summed E-state index contributed by atoms with van der Waals surface area (Å²) >= 11 is 0. The SMILES string of the molecule is BNC(=O)CN(CC(=O)NB)CC(=O)NCCCCCNC(=O)CN(CC(=O)NCCCCCNC(=O)CN(CC(=O)NB)CC(=O)NB)CC(=O)NCCCCCC(=O)C(C)C. The lowest BCUT2D eigenvalue weighted by molar-refractivity contribution is -0.129. The fraction of sp³-hybridized carbons (Fsp3) is 0.730. The lowest BCUT2D eigenvalue weighted by atomic mass is 10.0. The molecule has 0 radical (unpaired) electrons. The summed E-state index contributed by atoms with van der Waals surface area (Å²) in [5.41, 5.74) is 0. The molecule has 26 heteroatoms. The highest BCUT2D eigenvalue weighted by Gasteiger charge is 2.20. The summed E-state index contributed by atoms with van der Waals surface area (Å²) in [5, 5.41) is 23.9. The number of carbonyl (C=O) groups excluding carboxylic acids is 10. The van der Waals surface area contributed by atoms with Crippen molar-refractivity contribution in [3.05, 3.63) is 0 Å². The van der Waals surface area contributed by atoms with E-state index in [9.17, 15) is 47.9 Å². The van der Waals surface area contributed by atoms with Crippen LogP contribution >= 0.6 is 0 Å². The van der Waals surface area contributed by atoms with Crippen LogP contribution in [0.2, 0.25) is 0 Å². The highest BCUT2D eigenvalue weighted by atomic mass is 16.2. The van der Waals surface area contributed by atoms with Gasteiger partial charge in [0.1, 0.15) is 5.78 Å². The molecule has 22 nitrogen and oxygen atoms in total. The minimum absolute atomic E-state index is 0.00601. The molecule has 0 fully saturated rings.